The highest BCUT2D eigenvalue weighted by molar-refractivity contribution is 5.85. The summed E-state index contributed by atoms with van der Waals surface area (Å²) in [5.74, 6) is 0.427. The smallest absolute Gasteiger partial charge is 0.000776 e. The van der Waals surface area contributed by atoms with E-state index in [2.05, 4.69) is 12.1 Å². The molecule has 0 fully saturated rings. The average molecular weight is 237 g/mol. The molecule has 0 aromatic heterocycles. The Morgan fingerprint density at radius 3 is 2.00 bits per heavy atom. The molecule has 2 nitrogen and oxygen atoms in total. The molecule has 4 N–H and O–H groups in total. The van der Waals surface area contributed by atoms with Crippen LogP contribution in [-0.4, -0.2) is 13.1 Å². The fraction of sp³-hybridized carbons (Fsp3) is 0.400. The van der Waals surface area contributed by atoms with E-state index in [9.17, 15) is 0 Å². The zero-order valence-electron chi connectivity index (χ0n) is 8.06. The van der Waals surface area contributed by atoms with Crippen LogP contribution >= 0.6 is 24.8 Å². The van der Waals surface area contributed by atoms with Gasteiger partial charge in [0.2, 0.25) is 0 Å². The lowest BCUT2D eigenvalue weighted by atomic mass is 9.96. The van der Waals surface area contributed by atoms with Gasteiger partial charge in [-0.2, -0.15) is 0 Å². The van der Waals surface area contributed by atoms with Crippen LogP contribution < -0.4 is 11.5 Å². The van der Waals surface area contributed by atoms with E-state index in [4.69, 9.17) is 11.5 Å². The molecular formula is C10H18Cl2N2. The van der Waals surface area contributed by atoms with Gasteiger partial charge in [-0.05, 0) is 31.0 Å². The van der Waals surface area contributed by atoms with Crippen LogP contribution in [0.2, 0.25) is 0 Å². The first-order chi connectivity index (χ1) is 5.88. The Hall–Kier alpha value is -0.280. The van der Waals surface area contributed by atoms with E-state index in [0.717, 1.165) is 6.42 Å². The Morgan fingerprint density at radius 2 is 1.57 bits per heavy atom. The van der Waals surface area contributed by atoms with E-state index in [1.165, 1.54) is 5.56 Å². The lowest BCUT2D eigenvalue weighted by Gasteiger charge is -2.13. The topological polar surface area (TPSA) is 52.0 Å². The minimum absolute atomic E-state index is 0. The highest BCUT2D eigenvalue weighted by atomic mass is 35.5. The molecule has 0 aliphatic carbocycles. The Labute approximate surface area is 97.9 Å². The quantitative estimate of drug-likeness (QED) is 0.840. The molecule has 0 heterocycles. The Kier molecular flexibility index (Phi) is 10.7. The largest absolute Gasteiger partial charge is 0.330 e. The molecule has 14 heavy (non-hydrogen) atoms. The van der Waals surface area contributed by atoms with E-state index in [1.807, 2.05) is 18.2 Å². The highest BCUT2D eigenvalue weighted by Crippen LogP contribution is 2.16. The van der Waals surface area contributed by atoms with Crippen molar-refractivity contribution in [3.63, 3.8) is 0 Å². The summed E-state index contributed by atoms with van der Waals surface area (Å²) in [5.41, 5.74) is 12.4. The Morgan fingerprint density at radius 1 is 1.00 bits per heavy atom. The first kappa shape index (κ1) is 16.2. The number of rotatable bonds is 4. The Balaban J connectivity index is 0. The third-order valence-electron chi connectivity index (χ3n) is 2.07. The average Bonchev–Trinajstić information content (AvgIpc) is 2.15. The van der Waals surface area contributed by atoms with Crippen molar-refractivity contribution in [3.05, 3.63) is 35.9 Å². The molecule has 1 unspecified atom stereocenters. The van der Waals surface area contributed by atoms with E-state index < -0.39 is 0 Å². The van der Waals surface area contributed by atoms with Crippen LogP contribution in [0, 0.1) is 0 Å². The highest BCUT2D eigenvalue weighted by Gasteiger charge is 2.06. The van der Waals surface area contributed by atoms with E-state index in [1.54, 1.807) is 0 Å². The summed E-state index contributed by atoms with van der Waals surface area (Å²) in [6, 6.07) is 10.3. The van der Waals surface area contributed by atoms with E-state index >= 15 is 0 Å². The molecule has 1 rings (SSSR count). The number of benzene rings is 1. The molecule has 0 amide bonds. The van der Waals surface area contributed by atoms with Gasteiger partial charge in [0, 0.05) is 0 Å². The molecule has 0 aliphatic rings. The molecular weight excluding hydrogens is 219 g/mol. The van der Waals surface area contributed by atoms with Gasteiger partial charge in [-0.3, -0.25) is 0 Å². The molecule has 0 radical (unpaired) electrons. The minimum atomic E-state index is 0. The number of hydrogen-bond donors (Lipinski definition) is 2. The fourth-order valence-electron chi connectivity index (χ4n) is 1.35. The molecule has 0 saturated heterocycles. The van der Waals surface area contributed by atoms with Crippen molar-refractivity contribution in [1.29, 1.82) is 0 Å². The maximum Gasteiger partial charge on any atom is -0.000776 e. The first-order valence-electron chi connectivity index (χ1n) is 4.33. The summed E-state index contributed by atoms with van der Waals surface area (Å²) in [6.45, 7) is 1.39. The van der Waals surface area contributed by atoms with Gasteiger partial charge < -0.3 is 11.5 Å². The van der Waals surface area contributed by atoms with Crippen LogP contribution in [0.3, 0.4) is 0 Å². The molecule has 0 aliphatic heterocycles. The molecule has 0 bridgehead atoms. The molecule has 0 saturated carbocycles. The third-order valence-corrected chi connectivity index (χ3v) is 2.07. The van der Waals surface area contributed by atoms with Gasteiger partial charge in [0.05, 0.1) is 0 Å². The van der Waals surface area contributed by atoms with Crippen LogP contribution in [0.4, 0.5) is 0 Å². The van der Waals surface area contributed by atoms with Crippen molar-refractivity contribution in [2.75, 3.05) is 13.1 Å². The van der Waals surface area contributed by atoms with E-state index in [-0.39, 0.29) is 24.8 Å². The van der Waals surface area contributed by atoms with Gasteiger partial charge in [-0.25, -0.2) is 0 Å². The van der Waals surface area contributed by atoms with Crippen molar-refractivity contribution in [1.82, 2.24) is 0 Å². The molecule has 1 aromatic rings. The summed E-state index contributed by atoms with van der Waals surface area (Å²) in [6.07, 6.45) is 0.973. The lowest BCUT2D eigenvalue weighted by molar-refractivity contribution is 0.643. The second-order valence-corrected chi connectivity index (χ2v) is 2.92. The van der Waals surface area contributed by atoms with Crippen LogP contribution in [0.15, 0.2) is 30.3 Å². The van der Waals surface area contributed by atoms with Crippen molar-refractivity contribution in [2.45, 2.75) is 12.3 Å². The van der Waals surface area contributed by atoms with Crippen molar-refractivity contribution >= 4 is 24.8 Å². The first-order valence-corrected chi connectivity index (χ1v) is 4.33. The maximum atomic E-state index is 5.64. The van der Waals surface area contributed by atoms with Gasteiger partial charge in [0.25, 0.3) is 0 Å². The predicted molar refractivity (Wildman–Crippen MR) is 66.4 cm³/mol. The van der Waals surface area contributed by atoms with Crippen molar-refractivity contribution < 1.29 is 0 Å². The molecule has 1 aromatic carbocycles. The lowest BCUT2D eigenvalue weighted by Crippen LogP contribution is -2.16. The summed E-state index contributed by atoms with van der Waals surface area (Å²) >= 11 is 0. The standard InChI is InChI=1S/C10H16N2.2ClH/c11-7-6-10(8-12)9-4-2-1-3-5-9;;/h1-5,10H,6-8,11-12H2;2*1H. The summed E-state index contributed by atoms with van der Waals surface area (Å²) in [5, 5.41) is 0. The summed E-state index contributed by atoms with van der Waals surface area (Å²) in [4.78, 5) is 0. The number of nitrogens with two attached hydrogens (primary N) is 2. The fourth-order valence-corrected chi connectivity index (χ4v) is 1.35. The molecule has 4 heteroatoms. The van der Waals surface area contributed by atoms with Gasteiger partial charge in [0.15, 0.2) is 0 Å². The number of hydrogen-bond acceptors (Lipinski definition) is 2. The molecule has 1 atom stereocenters. The van der Waals surface area contributed by atoms with Crippen LogP contribution in [0.5, 0.6) is 0 Å². The van der Waals surface area contributed by atoms with Crippen LogP contribution in [-0.2, 0) is 0 Å². The van der Waals surface area contributed by atoms with Gasteiger partial charge >= 0.3 is 0 Å². The van der Waals surface area contributed by atoms with E-state index in [0.29, 0.717) is 19.0 Å². The van der Waals surface area contributed by atoms with Gasteiger partial charge in [0.1, 0.15) is 0 Å². The second-order valence-electron chi connectivity index (χ2n) is 2.92. The summed E-state index contributed by atoms with van der Waals surface area (Å²) < 4.78 is 0. The number of halogens is 2. The normalized spacial score (nSPS) is 11.0. The summed E-state index contributed by atoms with van der Waals surface area (Å²) in [7, 11) is 0. The molecule has 82 valence electrons. The minimum Gasteiger partial charge on any atom is -0.330 e. The SMILES string of the molecule is Cl.Cl.NCCC(CN)c1ccccc1. The van der Waals surface area contributed by atoms with Crippen molar-refractivity contribution in [2.24, 2.45) is 11.5 Å². The zero-order valence-corrected chi connectivity index (χ0v) is 9.69. The predicted octanol–water partition coefficient (Wildman–Crippen LogP) is 1.92. The van der Waals surface area contributed by atoms with Gasteiger partial charge in [-0.15, -0.1) is 24.8 Å². The zero-order chi connectivity index (χ0) is 8.81. The Bertz CT molecular complexity index is 217. The van der Waals surface area contributed by atoms with Crippen LogP contribution in [0.25, 0.3) is 0 Å². The molecule has 0 spiro atoms. The maximum absolute atomic E-state index is 5.64. The monoisotopic (exact) mass is 236 g/mol. The van der Waals surface area contributed by atoms with Gasteiger partial charge in [-0.1, -0.05) is 30.3 Å². The van der Waals surface area contributed by atoms with Crippen LogP contribution in [0.1, 0.15) is 17.9 Å². The van der Waals surface area contributed by atoms with Crippen molar-refractivity contribution in [3.8, 4) is 0 Å². The third kappa shape index (κ3) is 4.82. The second kappa shape index (κ2) is 9.28.